The average molecular weight is 386 g/mol. The number of rotatable bonds is 3. The van der Waals surface area contributed by atoms with Crippen molar-refractivity contribution in [2.45, 2.75) is 12.8 Å². The van der Waals surface area contributed by atoms with E-state index >= 15 is 0 Å². The Balaban J connectivity index is 1.35. The molecular weight excluding hydrogens is 362 g/mol. The average Bonchev–Trinajstić information content (AvgIpc) is 2.75. The minimum Gasteiger partial charge on any atom is -0.368 e. The number of piperidine rings is 1. The van der Waals surface area contributed by atoms with E-state index in [0.29, 0.717) is 11.7 Å². The molecule has 0 unspecified atom stereocenters. The van der Waals surface area contributed by atoms with Crippen LogP contribution < -0.4 is 9.80 Å². The van der Waals surface area contributed by atoms with Crippen LogP contribution >= 0.6 is 11.6 Å². The zero-order valence-corrected chi connectivity index (χ0v) is 16.1. The van der Waals surface area contributed by atoms with Crippen LogP contribution in [-0.4, -0.2) is 60.3 Å². The van der Waals surface area contributed by atoms with E-state index in [2.05, 4.69) is 44.3 Å². The van der Waals surface area contributed by atoms with Gasteiger partial charge in [-0.1, -0.05) is 29.8 Å². The molecular formula is C20H24ClN5O. The first kappa shape index (κ1) is 18.0. The number of halogens is 1. The van der Waals surface area contributed by atoms with Crippen LogP contribution in [0.25, 0.3) is 0 Å². The summed E-state index contributed by atoms with van der Waals surface area (Å²) >= 11 is 5.83. The van der Waals surface area contributed by atoms with E-state index in [1.54, 1.807) is 6.07 Å². The fourth-order valence-corrected chi connectivity index (χ4v) is 4.05. The normalized spacial score (nSPS) is 20.6. The van der Waals surface area contributed by atoms with Gasteiger partial charge < -0.3 is 14.7 Å². The van der Waals surface area contributed by atoms with Gasteiger partial charge >= 0.3 is 0 Å². The van der Waals surface area contributed by atoms with E-state index in [0.717, 1.165) is 51.4 Å². The summed E-state index contributed by atoms with van der Waals surface area (Å²) in [4.78, 5) is 19.6. The smallest absolute Gasteiger partial charge is 0.227 e. The highest BCUT2D eigenvalue weighted by atomic mass is 35.5. The molecule has 2 aliphatic rings. The molecule has 27 heavy (non-hydrogen) atoms. The van der Waals surface area contributed by atoms with Gasteiger partial charge in [-0.2, -0.15) is 0 Å². The Hall–Kier alpha value is -2.34. The van der Waals surface area contributed by atoms with Crippen molar-refractivity contribution in [1.29, 1.82) is 0 Å². The maximum absolute atomic E-state index is 13.1. The van der Waals surface area contributed by atoms with Gasteiger partial charge in [0.25, 0.3) is 0 Å². The molecule has 1 aromatic carbocycles. The Kier molecular flexibility index (Phi) is 5.43. The monoisotopic (exact) mass is 385 g/mol. The molecule has 2 fully saturated rings. The van der Waals surface area contributed by atoms with Crippen molar-refractivity contribution < 1.29 is 4.79 Å². The fraction of sp³-hybridized carbons (Fsp3) is 0.450. The molecule has 2 saturated heterocycles. The molecule has 0 spiro atoms. The molecule has 2 aliphatic heterocycles. The van der Waals surface area contributed by atoms with E-state index in [1.165, 1.54) is 5.69 Å². The van der Waals surface area contributed by atoms with E-state index in [-0.39, 0.29) is 11.8 Å². The van der Waals surface area contributed by atoms with Crippen LogP contribution in [0.5, 0.6) is 0 Å². The number of para-hydroxylation sites is 1. The SMILES string of the molecule is O=C([C@@H]1CCCN(c2ccc(Cl)nn2)C1)N1CCN(c2ccccc2)CC1. The van der Waals surface area contributed by atoms with E-state index in [9.17, 15) is 4.79 Å². The lowest BCUT2D eigenvalue weighted by atomic mass is 9.96. The third-order valence-electron chi connectivity index (χ3n) is 5.43. The van der Waals surface area contributed by atoms with Gasteiger partial charge in [0.15, 0.2) is 11.0 Å². The number of carbonyl (C=O) groups is 1. The Morgan fingerprint density at radius 3 is 2.41 bits per heavy atom. The second-order valence-electron chi connectivity index (χ2n) is 7.15. The third-order valence-corrected chi connectivity index (χ3v) is 5.63. The molecule has 0 radical (unpaired) electrons. The van der Waals surface area contributed by atoms with Crippen molar-refractivity contribution in [2.75, 3.05) is 49.1 Å². The van der Waals surface area contributed by atoms with Crippen molar-refractivity contribution >= 4 is 29.0 Å². The molecule has 1 aromatic heterocycles. The number of hydrogen-bond acceptors (Lipinski definition) is 5. The molecule has 0 saturated carbocycles. The molecule has 7 heteroatoms. The van der Waals surface area contributed by atoms with Crippen LogP contribution in [-0.2, 0) is 4.79 Å². The molecule has 6 nitrogen and oxygen atoms in total. The Labute approximate surface area is 164 Å². The van der Waals surface area contributed by atoms with Crippen LogP contribution in [0.4, 0.5) is 11.5 Å². The molecule has 3 heterocycles. The predicted octanol–water partition coefficient (Wildman–Crippen LogP) is 2.70. The van der Waals surface area contributed by atoms with Crippen molar-refractivity contribution in [3.63, 3.8) is 0 Å². The highest BCUT2D eigenvalue weighted by Gasteiger charge is 2.31. The van der Waals surface area contributed by atoms with Gasteiger partial charge in [0.05, 0.1) is 5.92 Å². The molecule has 0 aliphatic carbocycles. The summed E-state index contributed by atoms with van der Waals surface area (Å²) in [7, 11) is 0. The quantitative estimate of drug-likeness (QED) is 0.813. The highest BCUT2D eigenvalue weighted by molar-refractivity contribution is 6.29. The topological polar surface area (TPSA) is 52.6 Å². The van der Waals surface area contributed by atoms with Gasteiger partial charge in [-0.25, -0.2) is 0 Å². The molecule has 4 rings (SSSR count). The van der Waals surface area contributed by atoms with Gasteiger partial charge in [0.2, 0.25) is 5.91 Å². The summed E-state index contributed by atoms with van der Waals surface area (Å²) in [6.07, 6.45) is 1.93. The summed E-state index contributed by atoms with van der Waals surface area (Å²) in [6.45, 7) is 4.94. The number of nitrogens with zero attached hydrogens (tertiary/aromatic N) is 5. The Morgan fingerprint density at radius 2 is 1.70 bits per heavy atom. The third kappa shape index (κ3) is 4.16. The lowest BCUT2D eigenvalue weighted by Gasteiger charge is -2.39. The van der Waals surface area contributed by atoms with Crippen molar-refractivity contribution in [2.24, 2.45) is 5.92 Å². The van der Waals surface area contributed by atoms with Gasteiger partial charge in [-0.15, -0.1) is 10.2 Å². The molecule has 142 valence electrons. The van der Waals surface area contributed by atoms with Crippen LogP contribution in [0, 0.1) is 5.92 Å². The van der Waals surface area contributed by atoms with Crippen molar-refractivity contribution in [3.05, 3.63) is 47.6 Å². The summed E-state index contributed by atoms with van der Waals surface area (Å²) < 4.78 is 0. The maximum atomic E-state index is 13.1. The molecule has 2 aromatic rings. The van der Waals surface area contributed by atoms with Crippen molar-refractivity contribution in [1.82, 2.24) is 15.1 Å². The standard InChI is InChI=1S/C20H24ClN5O/c21-18-8-9-19(23-22-18)26-10-4-5-16(15-26)20(27)25-13-11-24(12-14-25)17-6-2-1-3-7-17/h1-3,6-9,16H,4-5,10-15H2/t16-/m1/s1. The van der Waals surface area contributed by atoms with E-state index in [4.69, 9.17) is 11.6 Å². The lowest BCUT2D eigenvalue weighted by Crippen LogP contribution is -2.52. The maximum Gasteiger partial charge on any atom is 0.227 e. The molecule has 1 atom stereocenters. The van der Waals surface area contributed by atoms with Gasteiger partial charge in [-0.05, 0) is 37.1 Å². The second kappa shape index (κ2) is 8.13. The molecule has 0 N–H and O–H groups in total. The van der Waals surface area contributed by atoms with E-state index < -0.39 is 0 Å². The molecule has 1 amide bonds. The first-order valence-electron chi connectivity index (χ1n) is 9.54. The number of benzene rings is 1. The summed E-state index contributed by atoms with van der Waals surface area (Å²) in [5.74, 6) is 1.10. The number of carbonyl (C=O) groups excluding carboxylic acids is 1. The number of anilines is 2. The second-order valence-corrected chi connectivity index (χ2v) is 7.53. The lowest BCUT2D eigenvalue weighted by molar-refractivity contribution is -0.136. The van der Waals surface area contributed by atoms with Crippen LogP contribution in [0.3, 0.4) is 0 Å². The zero-order valence-electron chi connectivity index (χ0n) is 15.3. The summed E-state index contributed by atoms with van der Waals surface area (Å²) in [6, 6.07) is 14.0. The highest BCUT2D eigenvalue weighted by Crippen LogP contribution is 2.24. The number of aromatic nitrogens is 2. The summed E-state index contributed by atoms with van der Waals surface area (Å²) in [5.41, 5.74) is 1.23. The molecule has 0 bridgehead atoms. The minimum atomic E-state index is 0.0273. The van der Waals surface area contributed by atoms with Crippen LogP contribution in [0.15, 0.2) is 42.5 Å². The first-order chi connectivity index (χ1) is 13.2. The predicted molar refractivity (Wildman–Crippen MR) is 107 cm³/mol. The summed E-state index contributed by atoms with van der Waals surface area (Å²) in [5, 5.41) is 8.48. The van der Waals surface area contributed by atoms with Crippen LogP contribution in [0.1, 0.15) is 12.8 Å². The van der Waals surface area contributed by atoms with E-state index in [1.807, 2.05) is 17.0 Å². The minimum absolute atomic E-state index is 0.0273. The first-order valence-corrected chi connectivity index (χ1v) is 9.91. The van der Waals surface area contributed by atoms with Gasteiger partial charge in [-0.3, -0.25) is 4.79 Å². The Bertz CT molecular complexity index is 762. The fourth-order valence-electron chi connectivity index (χ4n) is 3.95. The number of piperazine rings is 1. The Morgan fingerprint density at radius 1 is 0.926 bits per heavy atom. The zero-order chi connectivity index (χ0) is 18.6. The van der Waals surface area contributed by atoms with Crippen molar-refractivity contribution in [3.8, 4) is 0 Å². The van der Waals surface area contributed by atoms with Gasteiger partial charge in [0.1, 0.15) is 0 Å². The van der Waals surface area contributed by atoms with Gasteiger partial charge in [0, 0.05) is 45.0 Å². The van der Waals surface area contributed by atoms with Crippen LogP contribution in [0.2, 0.25) is 5.15 Å². The largest absolute Gasteiger partial charge is 0.368 e. The number of hydrogen-bond donors (Lipinski definition) is 0. The number of amides is 1.